The predicted octanol–water partition coefficient (Wildman–Crippen LogP) is 2.72. The summed E-state index contributed by atoms with van der Waals surface area (Å²) in [4.78, 5) is 0. The van der Waals surface area contributed by atoms with Crippen molar-refractivity contribution in [3.63, 3.8) is 0 Å². The second-order valence-electron chi connectivity index (χ2n) is 6.14. The van der Waals surface area contributed by atoms with Crippen LogP contribution >= 0.6 is 0 Å². The number of nitrogens with zero attached hydrogens (tertiary/aromatic N) is 3. The quantitative estimate of drug-likeness (QED) is 0.910. The minimum absolute atomic E-state index is 0.184. The monoisotopic (exact) mass is 272 g/mol. The van der Waals surface area contributed by atoms with Crippen LogP contribution in [0.4, 0.5) is 0 Å². The summed E-state index contributed by atoms with van der Waals surface area (Å²) in [5.41, 5.74) is 6.85. The SMILES string of the molecule is CC(C)Cn1c(CN)nnc1C(C)(C)c1ccccc1. The van der Waals surface area contributed by atoms with Crippen molar-refractivity contribution in [2.75, 3.05) is 0 Å². The van der Waals surface area contributed by atoms with Crippen LogP contribution in [0.5, 0.6) is 0 Å². The maximum Gasteiger partial charge on any atom is 0.146 e. The van der Waals surface area contributed by atoms with Crippen LogP contribution in [0.3, 0.4) is 0 Å². The Balaban J connectivity index is 2.49. The van der Waals surface area contributed by atoms with Gasteiger partial charge < -0.3 is 10.3 Å². The molecule has 20 heavy (non-hydrogen) atoms. The number of hydrogen-bond acceptors (Lipinski definition) is 3. The molecule has 0 radical (unpaired) electrons. The molecule has 4 nitrogen and oxygen atoms in total. The molecule has 1 aromatic carbocycles. The van der Waals surface area contributed by atoms with Crippen LogP contribution in [0.2, 0.25) is 0 Å². The third-order valence-electron chi connectivity index (χ3n) is 3.61. The van der Waals surface area contributed by atoms with Crippen molar-refractivity contribution in [1.82, 2.24) is 14.8 Å². The largest absolute Gasteiger partial charge is 0.324 e. The summed E-state index contributed by atoms with van der Waals surface area (Å²) < 4.78 is 2.18. The van der Waals surface area contributed by atoms with Crippen molar-refractivity contribution in [2.24, 2.45) is 11.7 Å². The minimum atomic E-state index is -0.184. The standard InChI is InChI=1S/C16H24N4/c1-12(2)11-20-14(10-17)18-19-15(20)16(3,4)13-8-6-5-7-9-13/h5-9,12H,10-11,17H2,1-4H3. The summed E-state index contributed by atoms with van der Waals surface area (Å²) in [6, 6.07) is 10.4. The molecular formula is C16H24N4. The lowest BCUT2D eigenvalue weighted by molar-refractivity contribution is 0.456. The molecule has 4 heteroatoms. The van der Waals surface area contributed by atoms with Gasteiger partial charge in [-0.1, -0.05) is 44.2 Å². The maximum atomic E-state index is 5.80. The van der Waals surface area contributed by atoms with Gasteiger partial charge in [-0.2, -0.15) is 0 Å². The normalized spacial score (nSPS) is 12.1. The highest BCUT2D eigenvalue weighted by Gasteiger charge is 2.30. The smallest absolute Gasteiger partial charge is 0.146 e. The van der Waals surface area contributed by atoms with E-state index in [9.17, 15) is 0 Å². The average molecular weight is 272 g/mol. The molecule has 2 rings (SSSR count). The van der Waals surface area contributed by atoms with Gasteiger partial charge in [-0.05, 0) is 25.3 Å². The fourth-order valence-corrected chi connectivity index (χ4v) is 2.49. The van der Waals surface area contributed by atoms with Crippen molar-refractivity contribution in [1.29, 1.82) is 0 Å². The average Bonchev–Trinajstić information content (AvgIpc) is 2.82. The molecule has 0 unspecified atom stereocenters. The number of rotatable bonds is 5. The maximum absolute atomic E-state index is 5.80. The van der Waals surface area contributed by atoms with Crippen LogP contribution < -0.4 is 5.73 Å². The zero-order valence-electron chi connectivity index (χ0n) is 12.8. The molecule has 0 atom stereocenters. The van der Waals surface area contributed by atoms with E-state index in [1.807, 2.05) is 6.07 Å². The molecule has 0 saturated heterocycles. The van der Waals surface area contributed by atoms with Crippen LogP contribution in [-0.2, 0) is 18.5 Å². The van der Waals surface area contributed by atoms with Gasteiger partial charge in [-0.3, -0.25) is 0 Å². The highest BCUT2D eigenvalue weighted by molar-refractivity contribution is 5.31. The summed E-state index contributed by atoms with van der Waals surface area (Å²) >= 11 is 0. The Kier molecular flexibility index (Phi) is 4.23. The van der Waals surface area contributed by atoms with Gasteiger partial charge >= 0.3 is 0 Å². The van der Waals surface area contributed by atoms with Gasteiger partial charge in [-0.25, -0.2) is 0 Å². The van der Waals surface area contributed by atoms with E-state index >= 15 is 0 Å². The summed E-state index contributed by atoms with van der Waals surface area (Å²) in [5, 5.41) is 8.69. The molecule has 2 aromatic rings. The van der Waals surface area contributed by atoms with E-state index in [-0.39, 0.29) is 5.41 Å². The third kappa shape index (κ3) is 2.75. The van der Waals surface area contributed by atoms with Gasteiger partial charge in [0.25, 0.3) is 0 Å². The first kappa shape index (κ1) is 14.7. The highest BCUT2D eigenvalue weighted by atomic mass is 15.3. The van der Waals surface area contributed by atoms with Crippen molar-refractivity contribution in [2.45, 2.75) is 46.2 Å². The van der Waals surface area contributed by atoms with E-state index in [2.05, 4.69) is 66.7 Å². The molecule has 0 spiro atoms. The second-order valence-corrected chi connectivity index (χ2v) is 6.14. The zero-order valence-corrected chi connectivity index (χ0v) is 12.8. The molecule has 0 fully saturated rings. The van der Waals surface area contributed by atoms with Gasteiger partial charge in [0.15, 0.2) is 0 Å². The Hall–Kier alpha value is -1.68. The van der Waals surface area contributed by atoms with Gasteiger partial charge in [0.2, 0.25) is 0 Å². The molecule has 0 aliphatic carbocycles. The molecule has 0 saturated carbocycles. The van der Waals surface area contributed by atoms with Crippen molar-refractivity contribution >= 4 is 0 Å². The summed E-state index contributed by atoms with van der Waals surface area (Å²) in [7, 11) is 0. The van der Waals surface area contributed by atoms with Crippen LogP contribution in [0.1, 0.15) is 44.9 Å². The van der Waals surface area contributed by atoms with Gasteiger partial charge in [0.1, 0.15) is 11.6 Å². The minimum Gasteiger partial charge on any atom is -0.324 e. The van der Waals surface area contributed by atoms with E-state index in [4.69, 9.17) is 5.73 Å². The Labute approximate surface area is 121 Å². The molecular weight excluding hydrogens is 248 g/mol. The van der Waals surface area contributed by atoms with Gasteiger partial charge in [-0.15, -0.1) is 10.2 Å². The highest BCUT2D eigenvalue weighted by Crippen LogP contribution is 2.30. The van der Waals surface area contributed by atoms with E-state index < -0.39 is 0 Å². The van der Waals surface area contributed by atoms with Crippen LogP contribution in [-0.4, -0.2) is 14.8 Å². The number of nitrogens with two attached hydrogens (primary N) is 1. The molecule has 1 aromatic heterocycles. The first-order chi connectivity index (χ1) is 9.46. The topological polar surface area (TPSA) is 56.7 Å². The second kappa shape index (κ2) is 5.75. The molecule has 0 aliphatic heterocycles. The van der Waals surface area contributed by atoms with Crippen LogP contribution in [0.15, 0.2) is 30.3 Å². The van der Waals surface area contributed by atoms with Crippen molar-refractivity contribution in [3.05, 3.63) is 47.5 Å². The number of aromatic nitrogens is 3. The molecule has 0 bridgehead atoms. The fraction of sp³-hybridized carbons (Fsp3) is 0.500. The molecule has 0 amide bonds. The molecule has 0 aliphatic rings. The first-order valence-electron chi connectivity index (χ1n) is 7.15. The Morgan fingerprint density at radius 1 is 1.15 bits per heavy atom. The lowest BCUT2D eigenvalue weighted by atomic mass is 9.83. The van der Waals surface area contributed by atoms with Gasteiger partial charge in [0, 0.05) is 12.0 Å². The number of benzene rings is 1. The predicted molar refractivity (Wildman–Crippen MR) is 81.3 cm³/mol. The van der Waals surface area contributed by atoms with E-state index in [0.717, 1.165) is 18.2 Å². The Morgan fingerprint density at radius 3 is 2.35 bits per heavy atom. The Morgan fingerprint density at radius 2 is 1.80 bits per heavy atom. The summed E-state index contributed by atoms with van der Waals surface area (Å²) in [5.74, 6) is 2.37. The van der Waals surface area contributed by atoms with Crippen LogP contribution in [0.25, 0.3) is 0 Å². The summed E-state index contributed by atoms with van der Waals surface area (Å²) in [6.45, 7) is 10.1. The molecule has 1 heterocycles. The van der Waals surface area contributed by atoms with Crippen molar-refractivity contribution in [3.8, 4) is 0 Å². The lowest BCUT2D eigenvalue weighted by Gasteiger charge is -2.26. The molecule has 2 N–H and O–H groups in total. The number of hydrogen-bond donors (Lipinski definition) is 1. The van der Waals surface area contributed by atoms with Gasteiger partial charge in [0.05, 0.1) is 6.54 Å². The van der Waals surface area contributed by atoms with Crippen LogP contribution in [0, 0.1) is 5.92 Å². The zero-order chi connectivity index (χ0) is 14.8. The van der Waals surface area contributed by atoms with E-state index in [0.29, 0.717) is 12.5 Å². The van der Waals surface area contributed by atoms with E-state index in [1.165, 1.54) is 5.56 Å². The lowest BCUT2D eigenvalue weighted by Crippen LogP contribution is -2.26. The van der Waals surface area contributed by atoms with Crippen molar-refractivity contribution < 1.29 is 0 Å². The first-order valence-corrected chi connectivity index (χ1v) is 7.15. The third-order valence-corrected chi connectivity index (χ3v) is 3.61. The van der Waals surface area contributed by atoms with E-state index in [1.54, 1.807) is 0 Å². The summed E-state index contributed by atoms with van der Waals surface area (Å²) in [6.07, 6.45) is 0. The Bertz CT molecular complexity index is 555. The molecule has 108 valence electrons. The fourth-order valence-electron chi connectivity index (χ4n) is 2.49.